The number of benzene rings is 1. The monoisotopic (exact) mass is 443 g/mol. The molecule has 0 unspecified atom stereocenters. The number of fused-ring (bicyclic) bond motifs is 1. The van der Waals surface area contributed by atoms with E-state index in [0.29, 0.717) is 37.7 Å². The summed E-state index contributed by atoms with van der Waals surface area (Å²) in [4.78, 5) is 14.3. The maximum absolute atomic E-state index is 13.2. The third kappa shape index (κ3) is 4.08. The summed E-state index contributed by atoms with van der Waals surface area (Å²) in [6.45, 7) is 6.73. The molecule has 1 aromatic carbocycles. The first-order valence-corrected chi connectivity index (χ1v) is 12.6. The zero-order valence-corrected chi connectivity index (χ0v) is 18.8. The molecule has 2 aromatic rings. The molecule has 0 N–H and O–H groups in total. The van der Waals surface area contributed by atoms with Gasteiger partial charge in [0.2, 0.25) is 16.0 Å². The van der Waals surface area contributed by atoms with Crippen LogP contribution in [0.15, 0.2) is 29.2 Å². The van der Waals surface area contributed by atoms with Crippen molar-refractivity contribution in [1.82, 2.24) is 14.3 Å². The van der Waals surface area contributed by atoms with Crippen molar-refractivity contribution in [1.29, 1.82) is 0 Å². The Hall–Kier alpha value is -2.39. The Morgan fingerprint density at radius 2 is 1.68 bits per heavy atom. The van der Waals surface area contributed by atoms with Gasteiger partial charge < -0.3 is 14.5 Å². The number of sulfonamides is 1. The fourth-order valence-corrected chi connectivity index (χ4v) is 6.04. The summed E-state index contributed by atoms with van der Waals surface area (Å²) in [5.41, 5.74) is 1.92. The summed E-state index contributed by atoms with van der Waals surface area (Å²) in [5.74, 6) is 2.48. The molecule has 2 saturated heterocycles. The van der Waals surface area contributed by atoms with E-state index in [2.05, 4.69) is 14.8 Å². The van der Waals surface area contributed by atoms with Gasteiger partial charge in [0, 0.05) is 57.4 Å². The number of aromatic nitrogens is 2. The molecule has 9 heteroatoms. The Kier molecular flexibility index (Phi) is 5.47. The Morgan fingerprint density at radius 3 is 2.45 bits per heavy atom. The molecule has 0 bridgehead atoms. The van der Waals surface area contributed by atoms with Gasteiger partial charge in [-0.05, 0) is 49.9 Å². The quantitative estimate of drug-likeness (QED) is 0.717. The van der Waals surface area contributed by atoms with Crippen LogP contribution in [0.3, 0.4) is 0 Å². The van der Waals surface area contributed by atoms with E-state index in [9.17, 15) is 8.42 Å². The van der Waals surface area contributed by atoms with Crippen LogP contribution in [0.5, 0.6) is 5.75 Å². The third-order valence-electron chi connectivity index (χ3n) is 6.33. The number of piperidine rings is 1. The van der Waals surface area contributed by atoms with Crippen LogP contribution in [-0.4, -0.2) is 68.6 Å². The highest BCUT2D eigenvalue weighted by Crippen LogP contribution is 2.29. The van der Waals surface area contributed by atoms with Gasteiger partial charge in [-0.25, -0.2) is 13.4 Å². The van der Waals surface area contributed by atoms with Crippen molar-refractivity contribution in [3.05, 3.63) is 35.5 Å². The van der Waals surface area contributed by atoms with Crippen LogP contribution in [0.4, 0.5) is 11.8 Å². The van der Waals surface area contributed by atoms with Crippen LogP contribution in [0, 0.1) is 6.92 Å². The number of rotatable bonds is 4. The Morgan fingerprint density at radius 1 is 0.903 bits per heavy atom. The van der Waals surface area contributed by atoms with Crippen LogP contribution in [0.25, 0.3) is 0 Å². The van der Waals surface area contributed by atoms with E-state index in [4.69, 9.17) is 9.72 Å². The van der Waals surface area contributed by atoms with Crippen molar-refractivity contribution >= 4 is 21.8 Å². The second-order valence-electron chi connectivity index (χ2n) is 8.47. The number of anilines is 2. The second-order valence-corrected chi connectivity index (χ2v) is 10.4. The average Bonchev–Trinajstić information content (AvgIpc) is 3.27. The lowest BCUT2D eigenvalue weighted by molar-refractivity contribution is 0.356. The van der Waals surface area contributed by atoms with Crippen molar-refractivity contribution in [2.75, 3.05) is 55.7 Å². The highest BCUT2D eigenvalue weighted by atomic mass is 32.2. The van der Waals surface area contributed by atoms with Crippen LogP contribution in [-0.2, 0) is 16.4 Å². The molecule has 0 saturated carbocycles. The van der Waals surface area contributed by atoms with Gasteiger partial charge >= 0.3 is 0 Å². The van der Waals surface area contributed by atoms with Crippen LogP contribution >= 0.6 is 0 Å². The molecule has 8 nitrogen and oxygen atoms in total. The minimum Gasteiger partial charge on any atom is -0.493 e. The van der Waals surface area contributed by atoms with Crippen LogP contribution < -0.4 is 14.5 Å². The molecule has 0 amide bonds. The standard InChI is InChI=1S/C22H29N5O3S/c1-17-15-21(24-22(23-17)26-8-3-2-4-9-26)25-10-12-27(13-11-25)31(28,29)19-5-6-20-18(16-19)7-14-30-20/h5-6,15-16H,2-4,7-14H2,1H3. The molecular weight excluding hydrogens is 414 g/mol. The lowest BCUT2D eigenvalue weighted by atomic mass is 10.1. The van der Waals surface area contributed by atoms with E-state index in [1.165, 1.54) is 19.3 Å². The number of hydrogen-bond acceptors (Lipinski definition) is 7. The normalized spacial score (nSPS) is 19.9. The maximum Gasteiger partial charge on any atom is 0.243 e. The molecule has 3 aliphatic rings. The molecular formula is C22H29N5O3S. The summed E-state index contributed by atoms with van der Waals surface area (Å²) in [5, 5.41) is 0. The van der Waals surface area contributed by atoms with Gasteiger partial charge in [0.1, 0.15) is 11.6 Å². The van der Waals surface area contributed by atoms with Crippen LogP contribution in [0.2, 0.25) is 0 Å². The van der Waals surface area contributed by atoms with Gasteiger partial charge in [-0.2, -0.15) is 9.29 Å². The van der Waals surface area contributed by atoms with E-state index in [-0.39, 0.29) is 0 Å². The van der Waals surface area contributed by atoms with Gasteiger partial charge in [-0.1, -0.05) is 0 Å². The molecule has 4 heterocycles. The fourth-order valence-electron chi connectivity index (χ4n) is 4.56. The van der Waals surface area contributed by atoms with E-state index >= 15 is 0 Å². The van der Waals surface area contributed by atoms with Gasteiger partial charge in [-0.15, -0.1) is 0 Å². The first-order chi connectivity index (χ1) is 15.0. The van der Waals surface area contributed by atoms with E-state index in [1.807, 2.05) is 13.0 Å². The molecule has 166 valence electrons. The minimum absolute atomic E-state index is 0.357. The zero-order chi connectivity index (χ0) is 21.4. The lowest BCUT2D eigenvalue weighted by Gasteiger charge is -2.35. The molecule has 2 fully saturated rings. The summed E-state index contributed by atoms with van der Waals surface area (Å²) in [7, 11) is -3.51. The molecule has 0 atom stereocenters. The molecule has 3 aliphatic heterocycles. The van der Waals surface area contributed by atoms with Crippen molar-refractivity contribution < 1.29 is 13.2 Å². The summed E-state index contributed by atoms with van der Waals surface area (Å²) in [6.07, 6.45) is 4.39. The molecule has 0 spiro atoms. The van der Waals surface area contributed by atoms with Gasteiger partial charge in [-0.3, -0.25) is 0 Å². The van der Waals surface area contributed by atoms with E-state index in [0.717, 1.165) is 48.3 Å². The third-order valence-corrected chi connectivity index (χ3v) is 8.22. The largest absolute Gasteiger partial charge is 0.493 e. The lowest BCUT2D eigenvalue weighted by Crippen LogP contribution is -2.49. The number of ether oxygens (including phenoxy) is 1. The molecule has 31 heavy (non-hydrogen) atoms. The van der Waals surface area contributed by atoms with E-state index < -0.39 is 10.0 Å². The maximum atomic E-state index is 13.2. The predicted molar refractivity (Wildman–Crippen MR) is 119 cm³/mol. The molecule has 1 aromatic heterocycles. The number of aryl methyl sites for hydroxylation is 1. The van der Waals surface area contributed by atoms with Gasteiger partial charge in [0.25, 0.3) is 0 Å². The number of nitrogens with zero attached hydrogens (tertiary/aromatic N) is 5. The first-order valence-electron chi connectivity index (χ1n) is 11.1. The zero-order valence-electron chi connectivity index (χ0n) is 18.0. The smallest absolute Gasteiger partial charge is 0.243 e. The van der Waals surface area contributed by atoms with E-state index in [1.54, 1.807) is 22.5 Å². The highest BCUT2D eigenvalue weighted by molar-refractivity contribution is 7.89. The molecule has 0 radical (unpaired) electrons. The minimum atomic E-state index is -3.51. The first kappa shape index (κ1) is 20.5. The summed E-state index contributed by atoms with van der Waals surface area (Å²) in [6, 6.07) is 7.20. The SMILES string of the molecule is Cc1cc(N2CCN(S(=O)(=O)c3ccc4c(c3)CCO4)CC2)nc(N2CCCCC2)n1. The number of hydrogen-bond donors (Lipinski definition) is 0. The molecule has 0 aliphatic carbocycles. The van der Waals surface area contributed by atoms with Gasteiger partial charge in [0.05, 0.1) is 11.5 Å². The molecule has 5 rings (SSSR count). The second kappa shape index (κ2) is 8.27. The number of piperazine rings is 1. The van der Waals surface area contributed by atoms with Crippen molar-refractivity contribution in [2.45, 2.75) is 37.5 Å². The highest BCUT2D eigenvalue weighted by Gasteiger charge is 2.30. The predicted octanol–water partition coefficient (Wildman–Crippen LogP) is 2.22. The van der Waals surface area contributed by atoms with Crippen molar-refractivity contribution in [3.63, 3.8) is 0 Å². The Bertz CT molecular complexity index is 1060. The Balaban J connectivity index is 1.29. The fraction of sp³-hybridized carbons (Fsp3) is 0.545. The summed E-state index contributed by atoms with van der Waals surface area (Å²) < 4.78 is 33.4. The van der Waals surface area contributed by atoms with Crippen molar-refractivity contribution in [2.24, 2.45) is 0 Å². The topological polar surface area (TPSA) is 78.9 Å². The average molecular weight is 444 g/mol. The van der Waals surface area contributed by atoms with Crippen molar-refractivity contribution in [3.8, 4) is 5.75 Å². The van der Waals surface area contributed by atoms with Crippen LogP contribution in [0.1, 0.15) is 30.5 Å². The van der Waals surface area contributed by atoms with Gasteiger partial charge in [0.15, 0.2) is 0 Å². The summed E-state index contributed by atoms with van der Waals surface area (Å²) >= 11 is 0. The Labute approximate surface area is 183 Å².